The maximum atomic E-state index is 14.2. The fourth-order valence-electron chi connectivity index (χ4n) is 6.08. The molecule has 4 rings (SSSR count). The largest absolute Gasteiger partial charge is 0.468 e. The van der Waals surface area contributed by atoms with Crippen LogP contribution in [0.15, 0.2) is 30.0 Å². The van der Waals surface area contributed by atoms with Crippen molar-refractivity contribution in [3.05, 3.63) is 45.6 Å². The first kappa shape index (κ1) is 32.8. The molecule has 0 aromatic heterocycles. The minimum atomic E-state index is -1.22. The molecule has 0 unspecified atom stereocenters. The predicted octanol–water partition coefficient (Wildman–Crippen LogP) is 5.93. The Morgan fingerprint density at radius 2 is 1.93 bits per heavy atom. The van der Waals surface area contributed by atoms with E-state index in [4.69, 9.17) is 37.4 Å². The third-order valence-corrected chi connectivity index (χ3v) is 9.09. The topological polar surface area (TPSA) is 94.2 Å². The standard InChI is InChI=1S/C32H44Cl2N2O6/c1-5-6-13-41-14-7-12-35-28(37)15-23-18-32(31(39)40-4)27(17-26(20(2)3)42-29(32)21-8-9-21)36(30(23)38)19-22-10-11-24(33)16-25(22)34/h10-11,16-17,20-21,23,26,29H,5-9,12-15,18-19H2,1-4H3,(H,35,37)/t23-,26+,29+,32+/m0/s1. The Kier molecular flexibility index (Phi) is 11.4. The number of piperidine rings is 1. The molecule has 4 atom stereocenters. The maximum absolute atomic E-state index is 14.2. The van der Waals surface area contributed by atoms with Gasteiger partial charge in [-0.3, -0.25) is 14.4 Å². The number of carbonyl (C=O) groups is 3. The minimum absolute atomic E-state index is 0.0443. The average Bonchev–Trinajstić information content (AvgIpc) is 3.80. The van der Waals surface area contributed by atoms with Crippen molar-refractivity contribution >= 4 is 41.0 Å². The van der Waals surface area contributed by atoms with Gasteiger partial charge in [0, 0.05) is 47.8 Å². The van der Waals surface area contributed by atoms with Gasteiger partial charge in [-0.1, -0.05) is 56.5 Å². The second-order valence-corrected chi connectivity index (χ2v) is 12.9. The number of nitrogens with zero attached hydrogens (tertiary/aromatic N) is 1. The number of hydrogen-bond donors (Lipinski definition) is 1. The molecule has 1 N–H and O–H groups in total. The number of hydrogen-bond acceptors (Lipinski definition) is 6. The number of carbonyl (C=O) groups excluding carboxylic acids is 3. The molecular weight excluding hydrogens is 579 g/mol. The molecular formula is C32H44Cl2N2O6. The Balaban J connectivity index is 1.65. The van der Waals surface area contributed by atoms with Crippen LogP contribution in [0.25, 0.3) is 0 Å². The van der Waals surface area contributed by atoms with Gasteiger partial charge >= 0.3 is 5.97 Å². The number of rotatable bonds is 14. The summed E-state index contributed by atoms with van der Waals surface area (Å²) in [6.45, 7) is 8.09. The minimum Gasteiger partial charge on any atom is -0.468 e. The second-order valence-electron chi connectivity index (χ2n) is 12.1. The molecule has 10 heteroatoms. The van der Waals surface area contributed by atoms with E-state index in [0.717, 1.165) is 25.7 Å². The normalized spacial score (nSPS) is 25.7. The summed E-state index contributed by atoms with van der Waals surface area (Å²) in [5.41, 5.74) is 0.0672. The van der Waals surface area contributed by atoms with E-state index in [9.17, 15) is 14.4 Å². The molecule has 0 bridgehead atoms. The summed E-state index contributed by atoms with van der Waals surface area (Å²) in [6.07, 6.45) is 5.91. The van der Waals surface area contributed by atoms with Crippen molar-refractivity contribution in [2.45, 2.75) is 84.5 Å². The lowest BCUT2D eigenvalue weighted by Crippen LogP contribution is -2.61. The SMILES string of the molecule is CCCCOCCCNC(=O)C[C@H]1C[C@@]2(C(=O)OC)C(=C[C@H](C(C)C)O[C@@H]2C2CC2)N(Cc2ccc(Cl)cc2Cl)C1=O. The zero-order valence-corrected chi connectivity index (χ0v) is 26.6. The van der Waals surface area contributed by atoms with Crippen LogP contribution in [0.3, 0.4) is 0 Å². The van der Waals surface area contributed by atoms with Crippen molar-refractivity contribution < 1.29 is 28.6 Å². The van der Waals surface area contributed by atoms with Gasteiger partial charge in [-0.15, -0.1) is 0 Å². The molecule has 1 aromatic carbocycles. The highest BCUT2D eigenvalue weighted by molar-refractivity contribution is 6.35. The highest BCUT2D eigenvalue weighted by Crippen LogP contribution is 2.56. The summed E-state index contributed by atoms with van der Waals surface area (Å²) >= 11 is 12.7. The van der Waals surface area contributed by atoms with Gasteiger partial charge < -0.3 is 24.4 Å². The number of benzene rings is 1. The van der Waals surface area contributed by atoms with Crippen LogP contribution in [0.1, 0.15) is 71.3 Å². The van der Waals surface area contributed by atoms with E-state index in [-0.39, 0.29) is 49.1 Å². The van der Waals surface area contributed by atoms with Crippen LogP contribution in [-0.2, 0) is 35.1 Å². The number of nitrogens with one attached hydrogen (secondary N) is 1. The van der Waals surface area contributed by atoms with Gasteiger partial charge in [0.05, 0.1) is 25.9 Å². The molecule has 3 aliphatic rings. The quantitative estimate of drug-likeness (QED) is 0.204. The van der Waals surface area contributed by atoms with Gasteiger partial charge in [-0.05, 0) is 67.7 Å². The average molecular weight is 624 g/mol. The van der Waals surface area contributed by atoms with E-state index in [2.05, 4.69) is 26.1 Å². The summed E-state index contributed by atoms with van der Waals surface area (Å²) in [5.74, 6) is -1.34. The maximum Gasteiger partial charge on any atom is 0.320 e. The third-order valence-electron chi connectivity index (χ3n) is 8.51. The Hall–Kier alpha value is -2.13. The zero-order chi connectivity index (χ0) is 30.4. The molecule has 8 nitrogen and oxygen atoms in total. The molecule has 1 aromatic rings. The number of esters is 1. The van der Waals surface area contributed by atoms with Crippen molar-refractivity contribution in [1.29, 1.82) is 0 Å². The van der Waals surface area contributed by atoms with E-state index in [0.29, 0.717) is 47.5 Å². The molecule has 2 fully saturated rings. The van der Waals surface area contributed by atoms with Gasteiger partial charge in [0.25, 0.3) is 0 Å². The van der Waals surface area contributed by atoms with Gasteiger partial charge in [0.1, 0.15) is 5.41 Å². The number of methoxy groups -OCH3 is 1. The summed E-state index contributed by atoms with van der Waals surface area (Å²) < 4.78 is 17.7. The Bertz CT molecular complexity index is 1170. The molecule has 1 aliphatic carbocycles. The first-order chi connectivity index (χ1) is 20.1. The molecule has 2 amide bonds. The van der Waals surface area contributed by atoms with Gasteiger partial charge in [-0.25, -0.2) is 0 Å². The summed E-state index contributed by atoms with van der Waals surface area (Å²) in [7, 11) is 1.37. The lowest BCUT2D eigenvalue weighted by atomic mass is 9.64. The van der Waals surface area contributed by atoms with Crippen molar-refractivity contribution in [2.75, 3.05) is 26.9 Å². The highest BCUT2D eigenvalue weighted by atomic mass is 35.5. The lowest BCUT2D eigenvalue weighted by Gasteiger charge is -2.53. The van der Waals surface area contributed by atoms with Crippen LogP contribution >= 0.6 is 23.2 Å². The molecule has 0 spiro atoms. The Morgan fingerprint density at radius 1 is 1.19 bits per heavy atom. The van der Waals surface area contributed by atoms with Crippen molar-refractivity contribution in [3.63, 3.8) is 0 Å². The number of ether oxygens (including phenoxy) is 3. The van der Waals surface area contributed by atoms with Crippen LogP contribution in [0.5, 0.6) is 0 Å². The van der Waals surface area contributed by atoms with Crippen LogP contribution in [-0.4, -0.2) is 61.8 Å². The summed E-state index contributed by atoms with van der Waals surface area (Å²) in [5, 5.41) is 3.84. The number of likely N-dealkylation sites (tertiary alicyclic amines) is 1. The molecule has 232 valence electrons. The fourth-order valence-corrected chi connectivity index (χ4v) is 6.55. The Labute approximate surface area is 259 Å². The van der Waals surface area contributed by atoms with E-state index in [1.54, 1.807) is 23.1 Å². The van der Waals surface area contributed by atoms with E-state index in [1.165, 1.54) is 7.11 Å². The third kappa shape index (κ3) is 7.32. The summed E-state index contributed by atoms with van der Waals surface area (Å²) in [4.78, 5) is 42.8. The molecule has 42 heavy (non-hydrogen) atoms. The number of amides is 2. The van der Waals surface area contributed by atoms with Crippen LogP contribution in [0.2, 0.25) is 10.0 Å². The van der Waals surface area contributed by atoms with Gasteiger partial charge in [0.2, 0.25) is 11.8 Å². The molecule has 0 radical (unpaired) electrons. The van der Waals surface area contributed by atoms with Gasteiger partial charge in [0.15, 0.2) is 0 Å². The van der Waals surface area contributed by atoms with Crippen LogP contribution in [0.4, 0.5) is 0 Å². The molecule has 1 saturated heterocycles. The molecule has 2 heterocycles. The smallest absolute Gasteiger partial charge is 0.320 e. The second kappa shape index (κ2) is 14.6. The predicted molar refractivity (Wildman–Crippen MR) is 162 cm³/mol. The fraction of sp³-hybridized carbons (Fsp3) is 0.656. The van der Waals surface area contributed by atoms with E-state index < -0.39 is 23.4 Å². The summed E-state index contributed by atoms with van der Waals surface area (Å²) in [6, 6.07) is 5.15. The van der Waals surface area contributed by atoms with Crippen molar-refractivity contribution in [3.8, 4) is 0 Å². The van der Waals surface area contributed by atoms with Gasteiger partial charge in [-0.2, -0.15) is 0 Å². The highest BCUT2D eigenvalue weighted by Gasteiger charge is 2.63. The van der Waals surface area contributed by atoms with E-state index >= 15 is 0 Å². The zero-order valence-electron chi connectivity index (χ0n) is 25.1. The number of unbranched alkanes of at least 4 members (excludes halogenated alkanes) is 1. The number of fused-ring (bicyclic) bond motifs is 1. The monoisotopic (exact) mass is 622 g/mol. The lowest BCUT2D eigenvalue weighted by molar-refractivity contribution is -0.182. The molecule has 2 aliphatic heterocycles. The van der Waals surface area contributed by atoms with Crippen molar-refractivity contribution in [1.82, 2.24) is 10.2 Å². The Morgan fingerprint density at radius 3 is 2.57 bits per heavy atom. The molecule has 1 saturated carbocycles. The van der Waals surface area contributed by atoms with Crippen LogP contribution in [0, 0.1) is 23.2 Å². The first-order valence-corrected chi connectivity index (χ1v) is 15.9. The first-order valence-electron chi connectivity index (χ1n) is 15.2. The van der Waals surface area contributed by atoms with Crippen molar-refractivity contribution in [2.24, 2.45) is 23.2 Å². The van der Waals surface area contributed by atoms with Crippen LogP contribution < -0.4 is 5.32 Å². The number of halogens is 2. The van der Waals surface area contributed by atoms with E-state index in [1.807, 2.05) is 6.08 Å².